The number of carbonyl (C=O) groups is 2. The second kappa shape index (κ2) is 6.16. The number of benzene rings is 1. The Morgan fingerprint density at radius 2 is 1.90 bits per heavy atom. The second-order valence-electron chi connectivity index (χ2n) is 5.92. The van der Waals surface area contributed by atoms with Gasteiger partial charge in [0, 0.05) is 6.54 Å². The number of amides is 1. The molecule has 2 unspecified atom stereocenters. The summed E-state index contributed by atoms with van der Waals surface area (Å²) in [6.45, 7) is 4.63. The van der Waals surface area contributed by atoms with Crippen LogP contribution < -0.4 is 10.1 Å². The number of carbonyl (C=O) groups excluding carboxylic acids is 1. The molecule has 21 heavy (non-hydrogen) atoms. The number of para-hydroxylation sites is 1. The fourth-order valence-corrected chi connectivity index (χ4v) is 2.69. The first kappa shape index (κ1) is 15.4. The molecule has 0 radical (unpaired) electrons. The Labute approximate surface area is 124 Å². The molecule has 1 aromatic carbocycles. The van der Waals surface area contributed by atoms with E-state index in [2.05, 4.69) is 5.32 Å². The highest BCUT2D eigenvalue weighted by Crippen LogP contribution is 2.58. The Bertz CT molecular complexity index is 512. The highest BCUT2D eigenvalue weighted by molar-refractivity contribution is 5.91. The van der Waals surface area contributed by atoms with Crippen LogP contribution in [0.1, 0.15) is 20.3 Å². The summed E-state index contributed by atoms with van der Waals surface area (Å²) >= 11 is 0. The molecule has 114 valence electrons. The van der Waals surface area contributed by atoms with Crippen molar-refractivity contribution < 1.29 is 19.4 Å². The van der Waals surface area contributed by atoms with Gasteiger partial charge in [-0.05, 0) is 24.0 Å². The topological polar surface area (TPSA) is 75.6 Å². The summed E-state index contributed by atoms with van der Waals surface area (Å²) in [5.41, 5.74) is -0.448. The lowest BCUT2D eigenvalue weighted by molar-refractivity contribution is -0.140. The van der Waals surface area contributed by atoms with Crippen molar-refractivity contribution in [2.45, 2.75) is 20.3 Å². The minimum absolute atomic E-state index is 0.174. The molecule has 5 heteroatoms. The van der Waals surface area contributed by atoms with Crippen LogP contribution in [0, 0.1) is 17.3 Å². The summed E-state index contributed by atoms with van der Waals surface area (Å²) in [5, 5.41) is 11.8. The Hall–Kier alpha value is -2.04. The number of aliphatic carboxylic acids is 1. The van der Waals surface area contributed by atoms with E-state index in [1.807, 2.05) is 44.2 Å². The molecule has 1 aliphatic rings. The van der Waals surface area contributed by atoms with Crippen molar-refractivity contribution in [1.29, 1.82) is 0 Å². The van der Waals surface area contributed by atoms with Gasteiger partial charge in [-0.15, -0.1) is 0 Å². The van der Waals surface area contributed by atoms with Gasteiger partial charge in [-0.3, -0.25) is 9.59 Å². The van der Waals surface area contributed by atoms with Crippen molar-refractivity contribution in [2.24, 2.45) is 17.3 Å². The first-order valence-corrected chi connectivity index (χ1v) is 7.13. The van der Waals surface area contributed by atoms with Gasteiger partial charge in [0.25, 0.3) is 0 Å². The minimum atomic E-state index is -0.896. The van der Waals surface area contributed by atoms with Crippen LogP contribution in [0.3, 0.4) is 0 Å². The van der Waals surface area contributed by atoms with E-state index in [1.54, 1.807) is 0 Å². The van der Waals surface area contributed by atoms with E-state index in [1.165, 1.54) is 0 Å². The largest absolute Gasteiger partial charge is 0.494 e. The van der Waals surface area contributed by atoms with Gasteiger partial charge in [-0.25, -0.2) is 0 Å². The predicted molar refractivity (Wildman–Crippen MR) is 78.0 cm³/mol. The van der Waals surface area contributed by atoms with Crippen molar-refractivity contribution in [3.05, 3.63) is 30.3 Å². The summed E-state index contributed by atoms with van der Waals surface area (Å²) in [7, 11) is 0. The van der Waals surface area contributed by atoms with Crippen LogP contribution in [0.15, 0.2) is 30.3 Å². The zero-order chi connectivity index (χ0) is 15.5. The summed E-state index contributed by atoms with van der Waals surface area (Å²) in [6.07, 6.45) is 0.686. The lowest BCUT2D eigenvalue weighted by atomic mass is 10.1. The highest BCUT2D eigenvalue weighted by Gasteiger charge is 2.65. The van der Waals surface area contributed by atoms with E-state index >= 15 is 0 Å². The van der Waals surface area contributed by atoms with Gasteiger partial charge >= 0.3 is 5.97 Å². The van der Waals surface area contributed by atoms with Crippen molar-refractivity contribution in [3.8, 4) is 5.75 Å². The summed E-state index contributed by atoms with van der Waals surface area (Å²) < 4.78 is 5.52. The van der Waals surface area contributed by atoms with Crippen LogP contribution in [0.4, 0.5) is 0 Å². The van der Waals surface area contributed by atoms with Gasteiger partial charge in [-0.1, -0.05) is 32.0 Å². The quantitative estimate of drug-likeness (QED) is 0.753. The van der Waals surface area contributed by atoms with Gasteiger partial charge in [0.15, 0.2) is 0 Å². The molecule has 1 amide bonds. The standard InChI is InChI=1S/C16H21NO4/c1-16(2)12(13(16)15(19)20)14(18)17-9-6-10-21-11-7-4-3-5-8-11/h3-5,7-8,12-13H,6,9-10H2,1-2H3,(H,17,18)(H,19,20). The molecule has 1 aliphatic carbocycles. The Morgan fingerprint density at radius 1 is 1.24 bits per heavy atom. The lowest BCUT2D eigenvalue weighted by Crippen LogP contribution is -2.29. The first-order valence-electron chi connectivity index (χ1n) is 7.13. The zero-order valence-corrected chi connectivity index (χ0v) is 12.3. The molecule has 5 nitrogen and oxygen atoms in total. The molecular formula is C16H21NO4. The number of rotatable bonds is 7. The monoisotopic (exact) mass is 291 g/mol. The number of ether oxygens (including phenoxy) is 1. The summed E-state index contributed by atoms with van der Waals surface area (Å²) in [6, 6.07) is 9.48. The van der Waals surface area contributed by atoms with Crippen LogP contribution in [0.5, 0.6) is 5.75 Å². The van der Waals surface area contributed by atoms with Gasteiger partial charge < -0.3 is 15.2 Å². The maximum Gasteiger partial charge on any atom is 0.307 e. The number of carboxylic acid groups (broad SMARTS) is 1. The summed E-state index contributed by atoms with van der Waals surface area (Å²) in [5.74, 6) is -1.26. The average molecular weight is 291 g/mol. The Kier molecular flexibility index (Phi) is 4.50. The molecule has 1 saturated carbocycles. The number of carboxylic acids is 1. The number of hydrogen-bond donors (Lipinski definition) is 2. The molecule has 0 bridgehead atoms. The highest BCUT2D eigenvalue weighted by atomic mass is 16.5. The molecule has 2 rings (SSSR count). The van der Waals surface area contributed by atoms with Crippen molar-refractivity contribution in [1.82, 2.24) is 5.32 Å². The van der Waals surface area contributed by atoms with Crippen LogP contribution in [-0.2, 0) is 9.59 Å². The number of nitrogens with one attached hydrogen (secondary N) is 1. The lowest BCUT2D eigenvalue weighted by Gasteiger charge is -2.07. The molecule has 1 fully saturated rings. The van der Waals surface area contributed by atoms with E-state index < -0.39 is 23.2 Å². The summed E-state index contributed by atoms with van der Waals surface area (Å²) in [4.78, 5) is 23.0. The van der Waals surface area contributed by atoms with Crippen molar-refractivity contribution >= 4 is 11.9 Å². The molecule has 2 N–H and O–H groups in total. The minimum Gasteiger partial charge on any atom is -0.494 e. The van der Waals surface area contributed by atoms with Crippen molar-refractivity contribution in [2.75, 3.05) is 13.2 Å². The average Bonchev–Trinajstić information content (AvgIpc) is 3.02. The molecule has 0 aliphatic heterocycles. The fourth-order valence-electron chi connectivity index (χ4n) is 2.69. The molecule has 0 heterocycles. The zero-order valence-electron chi connectivity index (χ0n) is 12.3. The Morgan fingerprint density at radius 3 is 2.48 bits per heavy atom. The maximum atomic E-state index is 12.0. The molecule has 0 spiro atoms. The maximum absolute atomic E-state index is 12.0. The normalized spacial score (nSPS) is 22.4. The van der Waals surface area contributed by atoms with Gasteiger partial charge in [0.1, 0.15) is 5.75 Å². The van der Waals surface area contributed by atoms with E-state index in [0.717, 1.165) is 5.75 Å². The van der Waals surface area contributed by atoms with Crippen LogP contribution in [0.25, 0.3) is 0 Å². The Balaban J connectivity index is 1.66. The van der Waals surface area contributed by atoms with Crippen molar-refractivity contribution in [3.63, 3.8) is 0 Å². The first-order chi connectivity index (χ1) is 9.94. The van der Waals surface area contributed by atoms with E-state index in [4.69, 9.17) is 9.84 Å². The van der Waals surface area contributed by atoms with Gasteiger partial charge in [0.05, 0.1) is 18.4 Å². The molecule has 1 aromatic rings. The smallest absolute Gasteiger partial charge is 0.307 e. The van der Waals surface area contributed by atoms with E-state index in [-0.39, 0.29) is 5.91 Å². The molecular weight excluding hydrogens is 270 g/mol. The van der Waals surface area contributed by atoms with E-state index in [9.17, 15) is 9.59 Å². The van der Waals surface area contributed by atoms with Crippen LogP contribution >= 0.6 is 0 Å². The SMILES string of the molecule is CC1(C)C(C(=O)O)C1C(=O)NCCCOc1ccccc1. The second-order valence-corrected chi connectivity index (χ2v) is 5.92. The van der Waals surface area contributed by atoms with Crippen LogP contribution in [-0.4, -0.2) is 30.1 Å². The number of hydrogen-bond acceptors (Lipinski definition) is 3. The van der Waals surface area contributed by atoms with Crippen LogP contribution in [0.2, 0.25) is 0 Å². The molecule has 0 saturated heterocycles. The third-order valence-corrected chi connectivity index (χ3v) is 4.01. The third-order valence-electron chi connectivity index (χ3n) is 4.01. The van der Waals surface area contributed by atoms with E-state index in [0.29, 0.717) is 19.6 Å². The van der Waals surface area contributed by atoms with Gasteiger partial charge in [0.2, 0.25) is 5.91 Å². The fraction of sp³-hybridized carbons (Fsp3) is 0.500. The molecule has 0 aromatic heterocycles. The third kappa shape index (κ3) is 3.54. The van der Waals surface area contributed by atoms with Gasteiger partial charge in [-0.2, -0.15) is 0 Å². The predicted octanol–water partition coefficient (Wildman–Crippen LogP) is 1.93. The molecule has 2 atom stereocenters.